The summed E-state index contributed by atoms with van der Waals surface area (Å²) in [6.45, 7) is 5.23. The van der Waals surface area contributed by atoms with Crippen molar-refractivity contribution in [3.63, 3.8) is 0 Å². The van der Waals surface area contributed by atoms with Crippen LogP contribution in [0, 0.1) is 12.8 Å². The normalized spacial score (nSPS) is 22.2. The van der Waals surface area contributed by atoms with Crippen LogP contribution < -0.4 is 5.73 Å². The van der Waals surface area contributed by atoms with Crippen molar-refractivity contribution in [1.29, 1.82) is 0 Å². The van der Waals surface area contributed by atoms with Crippen LogP contribution in [-0.2, 0) is 6.54 Å². The van der Waals surface area contributed by atoms with Crippen LogP contribution in [0.5, 0.6) is 0 Å². The van der Waals surface area contributed by atoms with Crippen LogP contribution >= 0.6 is 12.4 Å². The van der Waals surface area contributed by atoms with E-state index < -0.39 is 0 Å². The molecule has 0 bridgehead atoms. The standard InChI is InChI=1S/C15H20N4O.ClH/c1-11-17-15(20-18-11)10-19-8-13(7-16)14(9-19)12-5-3-2-4-6-12;/h2-6,13-14H,7-10,16H2,1H3;1H/t13-,14+;/m1./s1. The molecule has 1 saturated heterocycles. The maximum atomic E-state index is 5.94. The molecule has 3 rings (SSSR count). The summed E-state index contributed by atoms with van der Waals surface area (Å²) in [5, 5.41) is 3.84. The third-order valence-electron chi connectivity index (χ3n) is 3.98. The summed E-state index contributed by atoms with van der Waals surface area (Å²) in [4.78, 5) is 6.62. The summed E-state index contributed by atoms with van der Waals surface area (Å²) in [6, 6.07) is 10.6. The van der Waals surface area contributed by atoms with Gasteiger partial charge in [0.15, 0.2) is 5.82 Å². The van der Waals surface area contributed by atoms with E-state index in [9.17, 15) is 0 Å². The summed E-state index contributed by atoms with van der Waals surface area (Å²) >= 11 is 0. The van der Waals surface area contributed by atoms with E-state index in [0.29, 0.717) is 36.6 Å². The maximum Gasteiger partial charge on any atom is 0.240 e. The smallest absolute Gasteiger partial charge is 0.240 e. The van der Waals surface area contributed by atoms with Gasteiger partial charge in [0.05, 0.1) is 6.54 Å². The molecule has 1 aromatic carbocycles. The van der Waals surface area contributed by atoms with E-state index in [1.807, 2.05) is 6.92 Å². The first kappa shape index (κ1) is 15.9. The number of aryl methyl sites for hydroxylation is 1. The Bertz CT molecular complexity index is 560. The minimum atomic E-state index is 0. The molecule has 2 N–H and O–H groups in total. The van der Waals surface area contributed by atoms with Gasteiger partial charge in [-0.15, -0.1) is 12.4 Å². The zero-order chi connectivity index (χ0) is 13.9. The van der Waals surface area contributed by atoms with Gasteiger partial charge >= 0.3 is 0 Å². The Labute approximate surface area is 130 Å². The first-order chi connectivity index (χ1) is 9.76. The Balaban J connectivity index is 0.00000161. The molecular formula is C15H21ClN4O. The predicted molar refractivity (Wildman–Crippen MR) is 83.3 cm³/mol. The van der Waals surface area contributed by atoms with Crippen LogP contribution in [0.2, 0.25) is 0 Å². The highest BCUT2D eigenvalue weighted by molar-refractivity contribution is 5.85. The summed E-state index contributed by atoms with van der Waals surface area (Å²) in [5.41, 5.74) is 7.31. The molecule has 0 radical (unpaired) electrons. The molecule has 1 aromatic heterocycles. The second-order valence-corrected chi connectivity index (χ2v) is 5.44. The van der Waals surface area contributed by atoms with Gasteiger partial charge in [-0.1, -0.05) is 35.5 Å². The minimum absolute atomic E-state index is 0. The summed E-state index contributed by atoms with van der Waals surface area (Å²) in [7, 11) is 0. The van der Waals surface area contributed by atoms with E-state index in [1.165, 1.54) is 5.56 Å². The van der Waals surface area contributed by atoms with E-state index in [2.05, 4.69) is 45.4 Å². The number of rotatable bonds is 4. The van der Waals surface area contributed by atoms with Crippen LogP contribution in [0.15, 0.2) is 34.9 Å². The quantitative estimate of drug-likeness (QED) is 0.935. The third kappa shape index (κ3) is 3.61. The average Bonchev–Trinajstić information content (AvgIpc) is 3.06. The molecular weight excluding hydrogens is 288 g/mol. The first-order valence-electron chi connectivity index (χ1n) is 7.03. The van der Waals surface area contributed by atoms with Gasteiger partial charge in [0.1, 0.15) is 0 Å². The number of hydrogen-bond donors (Lipinski definition) is 1. The Morgan fingerprint density at radius 2 is 2.05 bits per heavy atom. The fraction of sp³-hybridized carbons (Fsp3) is 0.467. The van der Waals surface area contributed by atoms with Gasteiger partial charge in [0.2, 0.25) is 5.89 Å². The molecule has 2 atom stereocenters. The lowest BCUT2D eigenvalue weighted by Gasteiger charge is -2.16. The molecule has 114 valence electrons. The Kier molecular flexibility index (Phi) is 5.33. The molecule has 0 amide bonds. The molecule has 1 aliphatic heterocycles. The minimum Gasteiger partial charge on any atom is -0.338 e. The van der Waals surface area contributed by atoms with E-state index in [4.69, 9.17) is 10.3 Å². The molecule has 0 saturated carbocycles. The molecule has 21 heavy (non-hydrogen) atoms. The topological polar surface area (TPSA) is 68.2 Å². The third-order valence-corrected chi connectivity index (χ3v) is 3.98. The van der Waals surface area contributed by atoms with Gasteiger partial charge in [0, 0.05) is 19.0 Å². The zero-order valence-electron chi connectivity index (χ0n) is 12.1. The van der Waals surface area contributed by atoms with Crippen LogP contribution in [-0.4, -0.2) is 34.7 Å². The van der Waals surface area contributed by atoms with E-state index in [1.54, 1.807) is 0 Å². The fourth-order valence-corrected chi connectivity index (χ4v) is 3.00. The molecule has 0 aliphatic carbocycles. The highest BCUT2D eigenvalue weighted by atomic mass is 35.5. The molecule has 0 unspecified atom stereocenters. The number of halogens is 1. The molecule has 6 heteroatoms. The number of nitrogens with zero attached hydrogens (tertiary/aromatic N) is 3. The lowest BCUT2D eigenvalue weighted by atomic mass is 9.89. The Morgan fingerprint density at radius 3 is 2.67 bits per heavy atom. The van der Waals surface area contributed by atoms with Crippen molar-refractivity contribution in [1.82, 2.24) is 15.0 Å². The number of nitrogens with two attached hydrogens (primary N) is 1. The second-order valence-electron chi connectivity index (χ2n) is 5.44. The second kappa shape index (κ2) is 7.02. The number of likely N-dealkylation sites (tertiary alicyclic amines) is 1. The molecule has 1 aliphatic rings. The highest BCUT2D eigenvalue weighted by Gasteiger charge is 2.33. The monoisotopic (exact) mass is 308 g/mol. The zero-order valence-corrected chi connectivity index (χ0v) is 12.9. The average molecular weight is 309 g/mol. The number of hydrogen-bond acceptors (Lipinski definition) is 5. The van der Waals surface area contributed by atoms with E-state index in [0.717, 1.165) is 13.1 Å². The van der Waals surface area contributed by atoms with Crippen molar-refractivity contribution in [2.75, 3.05) is 19.6 Å². The van der Waals surface area contributed by atoms with Crippen molar-refractivity contribution >= 4 is 12.4 Å². The van der Waals surface area contributed by atoms with Gasteiger partial charge in [0.25, 0.3) is 0 Å². The summed E-state index contributed by atoms with van der Waals surface area (Å²) < 4.78 is 5.20. The van der Waals surface area contributed by atoms with Crippen molar-refractivity contribution in [2.45, 2.75) is 19.4 Å². The molecule has 2 aromatic rings. The molecule has 2 heterocycles. The Hall–Kier alpha value is -1.43. The maximum absolute atomic E-state index is 5.94. The first-order valence-corrected chi connectivity index (χ1v) is 7.03. The van der Waals surface area contributed by atoms with E-state index >= 15 is 0 Å². The lowest BCUT2D eigenvalue weighted by Crippen LogP contribution is -2.23. The van der Waals surface area contributed by atoms with Gasteiger partial charge in [-0.3, -0.25) is 4.90 Å². The van der Waals surface area contributed by atoms with Crippen molar-refractivity contribution < 1.29 is 4.52 Å². The fourth-order valence-electron chi connectivity index (χ4n) is 3.00. The Morgan fingerprint density at radius 1 is 1.29 bits per heavy atom. The van der Waals surface area contributed by atoms with Gasteiger partial charge in [-0.25, -0.2) is 0 Å². The summed E-state index contributed by atoms with van der Waals surface area (Å²) in [5.74, 6) is 2.35. The molecule has 5 nitrogen and oxygen atoms in total. The van der Waals surface area contributed by atoms with Crippen LogP contribution in [0.4, 0.5) is 0 Å². The highest BCUT2D eigenvalue weighted by Crippen LogP contribution is 2.32. The van der Waals surface area contributed by atoms with Crippen molar-refractivity contribution in [2.24, 2.45) is 11.7 Å². The van der Waals surface area contributed by atoms with E-state index in [-0.39, 0.29) is 12.4 Å². The van der Waals surface area contributed by atoms with Crippen LogP contribution in [0.3, 0.4) is 0 Å². The number of benzene rings is 1. The largest absolute Gasteiger partial charge is 0.338 e. The SMILES string of the molecule is Cc1noc(CN2C[C@@H](CN)[C@H](c3ccccc3)C2)n1.Cl. The van der Waals surface area contributed by atoms with Gasteiger partial charge < -0.3 is 10.3 Å². The molecule has 1 fully saturated rings. The van der Waals surface area contributed by atoms with Gasteiger partial charge in [-0.05, 0) is 24.9 Å². The van der Waals surface area contributed by atoms with Crippen LogP contribution in [0.1, 0.15) is 23.2 Å². The van der Waals surface area contributed by atoms with Crippen molar-refractivity contribution in [3.05, 3.63) is 47.6 Å². The van der Waals surface area contributed by atoms with Crippen molar-refractivity contribution in [3.8, 4) is 0 Å². The van der Waals surface area contributed by atoms with Crippen LogP contribution in [0.25, 0.3) is 0 Å². The summed E-state index contributed by atoms with van der Waals surface area (Å²) in [6.07, 6.45) is 0. The predicted octanol–water partition coefficient (Wildman–Crippen LogP) is 1.97. The van der Waals surface area contributed by atoms with Gasteiger partial charge in [-0.2, -0.15) is 4.98 Å². The number of aromatic nitrogens is 2. The molecule has 0 spiro atoms. The lowest BCUT2D eigenvalue weighted by molar-refractivity contribution is 0.259.